The second kappa shape index (κ2) is 5.81. The summed E-state index contributed by atoms with van der Waals surface area (Å²) in [5.41, 5.74) is 4.81. The van der Waals surface area contributed by atoms with Crippen molar-refractivity contribution in [3.8, 4) is 5.75 Å². The normalized spacial score (nSPS) is 13.7. The van der Waals surface area contributed by atoms with Crippen molar-refractivity contribution in [3.63, 3.8) is 0 Å². The van der Waals surface area contributed by atoms with Crippen LogP contribution in [0.3, 0.4) is 0 Å². The number of aryl methyl sites for hydroxylation is 2. The van der Waals surface area contributed by atoms with Gasteiger partial charge in [-0.2, -0.15) is 0 Å². The molecule has 2 aromatic carbocycles. The number of nitrogens with zero attached hydrogens (tertiary/aromatic N) is 1. The van der Waals surface area contributed by atoms with Crippen molar-refractivity contribution >= 4 is 28.3 Å². The van der Waals surface area contributed by atoms with Crippen LogP contribution in [0.15, 0.2) is 39.5 Å². The predicted molar refractivity (Wildman–Crippen MR) is 99.8 cm³/mol. The Labute approximate surface area is 150 Å². The van der Waals surface area contributed by atoms with E-state index in [9.17, 15) is 4.79 Å². The molecule has 3 aromatic rings. The van der Waals surface area contributed by atoms with Crippen LogP contribution in [-0.4, -0.2) is 6.73 Å². The van der Waals surface area contributed by atoms with Gasteiger partial charge < -0.3 is 14.1 Å². The Morgan fingerprint density at radius 3 is 2.64 bits per heavy atom. The van der Waals surface area contributed by atoms with E-state index in [2.05, 4.69) is 24.0 Å². The molecule has 1 aliphatic heterocycles. The Bertz CT molecular complexity index is 1050. The number of hydrogen-bond acceptors (Lipinski definition) is 4. The first-order valence-electron chi connectivity index (χ1n) is 8.16. The maximum Gasteiger partial charge on any atom is 0.339 e. The van der Waals surface area contributed by atoms with E-state index in [1.165, 1.54) is 0 Å². The van der Waals surface area contributed by atoms with Crippen molar-refractivity contribution in [1.82, 2.24) is 0 Å². The average Bonchev–Trinajstić information content (AvgIpc) is 2.61. The molecule has 128 valence electrons. The minimum absolute atomic E-state index is 0.317. The summed E-state index contributed by atoms with van der Waals surface area (Å²) in [6.45, 7) is 6.72. The molecule has 2 heterocycles. The number of ether oxygens (including phenoxy) is 1. The zero-order chi connectivity index (χ0) is 17.7. The summed E-state index contributed by atoms with van der Waals surface area (Å²) >= 11 is 6.45. The molecule has 0 unspecified atom stereocenters. The van der Waals surface area contributed by atoms with Crippen LogP contribution in [0.4, 0.5) is 5.69 Å². The lowest BCUT2D eigenvalue weighted by Crippen LogP contribution is -2.32. The Kier molecular flexibility index (Phi) is 3.73. The van der Waals surface area contributed by atoms with E-state index in [0.717, 1.165) is 27.8 Å². The average molecular weight is 356 g/mol. The monoisotopic (exact) mass is 355 g/mol. The first-order valence-corrected chi connectivity index (χ1v) is 8.54. The van der Waals surface area contributed by atoms with Gasteiger partial charge in [-0.25, -0.2) is 4.79 Å². The number of rotatable bonds is 1. The molecular weight excluding hydrogens is 338 g/mol. The third kappa shape index (κ3) is 2.48. The van der Waals surface area contributed by atoms with Gasteiger partial charge in [-0.1, -0.05) is 29.8 Å². The molecule has 1 aliphatic rings. The van der Waals surface area contributed by atoms with Crippen LogP contribution in [0.5, 0.6) is 5.75 Å². The molecular formula is C20H18ClNO3. The fraction of sp³-hybridized carbons (Fsp3) is 0.250. The molecule has 4 rings (SSSR count). The predicted octanol–water partition coefficient (Wildman–Crippen LogP) is 4.73. The van der Waals surface area contributed by atoms with E-state index in [0.29, 0.717) is 35.2 Å². The van der Waals surface area contributed by atoms with E-state index in [-0.39, 0.29) is 5.63 Å². The zero-order valence-electron chi connectivity index (χ0n) is 14.4. The minimum atomic E-state index is -0.317. The van der Waals surface area contributed by atoms with Crippen molar-refractivity contribution in [2.45, 2.75) is 27.3 Å². The van der Waals surface area contributed by atoms with Crippen molar-refractivity contribution < 1.29 is 9.15 Å². The van der Waals surface area contributed by atoms with Gasteiger partial charge in [-0.15, -0.1) is 0 Å². The molecule has 5 heteroatoms. The molecule has 0 saturated heterocycles. The van der Waals surface area contributed by atoms with E-state index >= 15 is 0 Å². The fourth-order valence-electron chi connectivity index (χ4n) is 3.34. The summed E-state index contributed by atoms with van der Waals surface area (Å²) in [6, 6.07) is 9.96. The van der Waals surface area contributed by atoms with E-state index in [4.69, 9.17) is 20.8 Å². The Morgan fingerprint density at radius 1 is 1.12 bits per heavy atom. The van der Waals surface area contributed by atoms with Crippen LogP contribution in [0.2, 0.25) is 5.02 Å². The summed E-state index contributed by atoms with van der Waals surface area (Å²) in [7, 11) is 0. The summed E-state index contributed by atoms with van der Waals surface area (Å²) in [5.74, 6) is 0.602. The molecule has 0 atom stereocenters. The van der Waals surface area contributed by atoms with Gasteiger partial charge in [-0.05, 0) is 44.0 Å². The van der Waals surface area contributed by atoms with Crippen LogP contribution in [0, 0.1) is 20.8 Å². The SMILES string of the molecule is Cc1ccccc1N1COc2c(Cl)cc3c(C)c(C)c(=O)oc3c2C1. The van der Waals surface area contributed by atoms with Gasteiger partial charge in [0, 0.05) is 16.6 Å². The molecule has 4 nitrogen and oxygen atoms in total. The number of fused-ring (bicyclic) bond motifs is 3. The standard InChI is InChI=1S/C20H18ClNO3/c1-11-6-4-5-7-17(11)22-9-15-18-14(8-16(21)19(15)24-10-22)12(2)13(3)20(23)25-18/h4-8H,9-10H2,1-3H3. The van der Waals surface area contributed by atoms with E-state index in [1.54, 1.807) is 6.92 Å². The third-order valence-corrected chi connectivity index (χ3v) is 5.20. The van der Waals surface area contributed by atoms with Gasteiger partial charge in [0.1, 0.15) is 11.3 Å². The van der Waals surface area contributed by atoms with Gasteiger partial charge in [-0.3, -0.25) is 0 Å². The maximum atomic E-state index is 12.2. The number of hydrogen-bond donors (Lipinski definition) is 0. The Hall–Kier alpha value is -2.46. The fourth-order valence-corrected chi connectivity index (χ4v) is 3.62. The number of halogens is 1. The van der Waals surface area contributed by atoms with Gasteiger partial charge in [0.05, 0.1) is 17.1 Å². The molecule has 0 aliphatic carbocycles. The highest BCUT2D eigenvalue weighted by Crippen LogP contribution is 2.40. The molecule has 1 aromatic heterocycles. The molecule has 25 heavy (non-hydrogen) atoms. The quantitative estimate of drug-likeness (QED) is 0.592. The van der Waals surface area contributed by atoms with Crippen molar-refractivity contribution in [3.05, 3.63) is 68.0 Å². The molecule has 0 radical (unpaired) electrons. The lowest BCUT2D eigenvalue weighted by molar-refractivity contribution is 0.289. The number of anilines is 1. The molecule has 0 N–H and O–H groups in total. The lowest BCUT2D eigenvalue weighted by atomic mass is 10.0. The number of benzene rings is 2. The van der Waals surface area contributed by atoms with Crippen LogP contribution >= 0.6 is 11.6 Å². The first-order chi connectivity index (χ1) is 12.0. The summed E-state index contributed by atoms with van der Waals surface area (Å²) in [6.07, 6.45) is 0. The van der Waals surface area contributed by atoms with Crippen LogP contribution < -0.4 is 15.3 Å². The largest absolute Gasteiger partial charge is 0.471 e. The van der Waals surface area contributed by atoms with Gasteiger partial charge in [0.15, 0.2) is 6.73 Å². The third-order valence-electron chi connectivity index (χ3n) is 4.92. The molecule has 0 saturated carbocycles. The summed E-state index contributed by atoms with van der Waals surface area (Å²) < 4.78 is 11.5. The molecule has 0 fully saturated rings. The highest BCUT2D eigenvalue weighted by Gasteiger charge is 2.26. The van der Waals surface area contributed by atoms with Crippen LogP contribution in [-0.2, 0) is 6.54 Å². The lowest BCUT2D eigenvalue weighted by Gasteiger charge is -2.32. The zero-order valence-corrected chi connectivity index (χ0v) is 15.1. The van der Waals surface area contributed by atoms with Gasteiger partial charge in [0.25, 0.3) is 0 Å². The second-order valence-electron chi connectivity index (χ2n) is 6.44. The molecule has 0 amide bonds. The van der Waals surface area contributed by atoms with Crippen molar-refractivity contribution in [2.75, 3.05) is 11.6 Å². The number of para-hydroxylation sites is 1. The van der Waals surface area contributed by atoms with Crippen molar-refractivity contribution in [2.24, 2.45) is 0 Å². The summed E-state index contributed by atoms with van der Waals surface area (Å²) in [4.78, 5) is 14.3. The highest BCUT2D eigenvalue weighted by molar-refractivity contribution is 6.33. The van der Waals surface area contributed by atoms with Crippen molar-refractivity contribution in [1.29, 1.82) is 0 Å². The van der Waals surface area contributed by atoms with Crippen LogP contribution in [0.1, 0.15) is 22.3 Å². The highest BCUT2D eigenvalue weighted by atomic mass is 35.5. The summed E-state index contributed by atoms with van der Waals surface area (Å²) in [5, 5.41) is 1.40. The molecule has 0 spiro atoms. The Balaban J connectivity index is 1.93. The van der Waals surface area contributed by atoms with E-state index < -0.39 is 0 Å². The smallest absolute Gasteiger partial charge is 0.339 e. The van der Waals surface area contributed by atoms with Gasteiger partial charge in [0.2, 0.25) is 0 Å². The minimum Gasteiger partial charge on any atom is -0.471 e. The second-order valence-corrected chi connectivity index (χ2v) is 6.85. The Morgan fingerprint density at radius 2 is 1.88 bits per heavy atom. The maximum absolute atomic E-state index is 12.2. The molecule has 0 bridgehead atoms. The van der Waals surface area contributed by atoms with E-state index in [1.807, 2.05) is 25.1 Å². The van der Waals surface area contributed by atoms with Gasteiger partial charge >= 0.3 is 5.63 Å². The topological polar surface area (TPSA) is 42.7 Å². The first kappa shape index (κ1) is 16.0. The van der Waals surface area contributed by atoms with Crippen LogP contribution in [0.25, 0.3) is 11.0 Å².